The molecule has 8 heteroatoms. The van der Waals surface area contributed by atoms with Gasteiger partial charge in [-0.25, -0.2) is 8.42 Å². The van der Waals surface area contributed by atoms with Gasteiger partial charge >= 0.3 is 0 Å². The zero-order valence-corrected chi connectivity index (χ0v) is 17.0. The standard InChI is InChI=1S/C16H25N3O3S.HI/c1-2-17-16(19-14-9-11-23(21,22)12-14)18-10-3-4-13-5-7-15(20)8-6-13;/h5-8,14,20H,2-4,9-12H2,1H3,(H2,17,18,19);1H. The summed E-state index contributed by atoms with van der Waals surface area (Å²) in [5.41, 5.74) is 1.16. The second-order valence-electron chi connectivity index (χ2n) is 5.77. The van der Waals surface area contributed by atoms with Crippen LogP contribution in [0.1, 0.15) is 25.3 Å². The molecule has 24 heavy (non-hydrogen) atoms. The van der Waals surface area contributed by atoms with Crippen molar-refractivity contribution in [2.75, 3.05) is 24.6 Å². The molecule has 0 bridgehead atoms. The number of phenolic OH excluding ortho intramolecular Hbond substituents is 1. The van der Waals surface area contributed by atoms with Crippen molar-refractivity contribution in [3.63, 3.8) is 0 Å². The lowest BCUT2D eigenvalue weighted by Crippen LogP contribution is -2.44. The van der Waals surface area contributed by atoms with E-state index in [0.29, 0.717) is 18.9 Å². The number of nitrogens with one attached hydrogen (secondary N) is 2. The number of aryl methyl sites for hydroxylation is 1. The predicted octanol–water partition coefficient (Wildman–Crippen LogP) is 1.68. The number of sulfone groups is 1. The zero-order chi connectivity index (χ0) is 16.7. The van der Waals surface area contributed by atoms with Gasteiger partial charge in [-0.1, -0.05) is 12.1 Å². The van der Waals surface area contributed by atoms with Crippen LogP contribution in [0, 0.1) is 0 Å². The van der Waals surface area contributed by atoms with Crippen LogP contribution in [0.3, 0.4) is 0 Å². The lowest BCUT2D eigenvalue weighted by atomic mass is 10.1. The summed E-state index contributed by atoms with van der Waals surface area (Å²) < 4.78 is 23.0. The van der Waals surface area contributed by atoms with Crippen LogP contribution in [0.15, 0.2) is 29.3 Å². The molecule has 1 saturated heterocycles. The number of guanidine groups is 1. The van der Waals surface area contributed by atoms with E-state index in [1.807, 2.05) is 19.1 Å². The Hall–Kier alpha value is -1.03. The van der Waals surface area contributed by atoms with Crippen LogP contribution >= 0.6 is 24.0 Å². The summed E-state index contributed by atoms with van der Waals surface area (Å²) in [6.07, 6.45) is 2.42. The molecule has 1 unspecified atom stereocenters. The van der Waals surface area contributed by atoms with Gasteiger partial charge < -0.3 is 15.7 Å². The third-order valence-electron chi connectivity index (χ3n) is 3.75. The maximum absolute atomic E-state index is 11.5. The lowest BCUT2D eigenvalue weighted by Gasteiger charge is -2.15. The van der Waals surface area contributed by atoms with Crippen molar-refractivity contribution in [3.05, 3.63) is 29.8 Å². The topological polar surface area (TPSA) is 90.8 Å². The molecule has 1 heterocycles. The van der Waals surface area contributed by atoms with E-state index in [1.54, 1.807) is 12.1 Å². The molecule has 1 aromatic carbocycles. The Balaban J connectivity index is 0.00000288. The summed E-state index contributed by atoms with van der Waals surface area (Å²) in [6, 6.07) is 7.14. The van der Waals surface area contributed by atoms with Gasteiger partial charge in [-0.05, 0) is 43.9 Å². The smallest absolute Gasteiger partial charge is 0.191 e. The Bertz CT molecular complexity index is 632. The van der Waals surface area contributed by atoms with Crippen molar-refractivity contribution in [1.29, 1.82) is 0 Å². The Morgan fingerprint density at radius 1 is 1.33 bits per heavy atom. The summed E-state index contributed by atoms with van der Waals surface area (Å²) in [5, 5.41) is 15.6. The SMILES string of the molecule is CCNC(=NCCCc1ccc(O)cc1)NC1CCS(=O)(=O)C1.I. The molecule has 0 saturated carbocycles. The number of nitrogens with zero attached hydrogens (tertiary/aromatic N) is 1. The van der Waals surface area contributed by atoms with Gasteiger partial charge in [0.25, 0.3) is 0 Å². The fourth-order valence-electron chi connectivity index (χ4n) is 2.56. The van der Waals surface area contributed by atoms with Gasteiger partial charge in [0.15, 0.2) is 15.8 Å². The van der Waals surface area contributed by atoms with Gasteiger partial charge in [-0.15, -0.1) is 24.0 Å². The average molecular weight is 467 g/mol. The first-order chi connectivity index (χ1) is 11.0. The fraction of sp³-hybridized carbons (Fsp3) is 0.562. The summed E-state index contributed by atoms with van der Waals surface area (Å²) in [4.78, 5) is 4.51. The Morgan fingerprint density at radius 3 is 2.62 bits per heavy atom. The van der Waals surface area contributed by atoms with E-state index < -0.39 is 9.84 Å². The molecule has 2 rings (SSSR count). The highest BCUT2D eigenvalue weighted by molar-refractivity contribution is 14.0. The van der Waals surface area contributed by atoms with E-state index in [-0.39, 0.29) is 47.3 Å². The predicted molar refractivity (Wildman–Crippen MR) is 108 cm³/mol. The first-order valence-corrected chi connectivity index (χ1v) is 9.84. The number of aromatic hydroxyl groups is 1. The van der Waals surface area contributed by atoms with E-state index in [9.17, 15) is 13.5 Å². The minimum Gasteiger partial charge on any atom is -0.508 e. The average Bonchev–Trinajstić information content (AvgIpc) is 2.84. The lowest BCUT2D eigenvalue weighted by molar-refractivity contribution is 0.475. The van der Waals surface area contributed by atoms with Crippen molar-refractivity contribution in [2.24, 2.45) is 4.99 Å². The fourth-order valence-corrected chi connectivity index (χ4v) is 4.23. The second-order valence-corrected chi connectivity index (χ2v) is 8.00. The first kappa shape index (κ1) is 21.0. The maximum Gasteiger partial charge on any atom is 0.191 e. The molecular formula is C16H26IN3O3S. The number of aliphatic imine (C=N–C) groups is 1. The third kappa shape index (κ3) is 7.25. The highest BCUT2D eigenvalue weighted by Crippen LogP contribution is 2.12. The van der Waals surface area contributed by atoms with Crippen molar-refractivity contribution in [2.45, 2.75) is 32.2 Å². The van der Waals surface area contributed by atoms with Crippen LogP contribution in [0.4, 0.5) is 0 Å². The van der Waals surface area contributed by atoms with Crippen LogP contribution in [0.2, 0.25) is 0 Å². The zero-order valence-electron chi connectivity index (χ0n) is 13.9. The first-order valence-electron chi connectivity index (χ1n) is 8.01. The molecule has 3 N–H and O–H groups in total. The summed E-state index contributed by atoms with van der Waals surface area (Å²) in [7, 11) is -2.89. The van der Waals surface area contributed by atoms with Gasteiger partial charge in [0, 0.05) is 19.1 Å². The third-order valence-corrected chi connectivity index (χ3v) is 5.52. The van der Waals surface area contributed by atoms with Crippen LogP contribution in [0.5, 0.6) is 5.75 Å². The minimum atomic E-state index is -2.89. The van der Waals surface area contributed by atoms with Gasteiger partial charge in [0.2, 0.25) is 0 Å². The van der Waals surface area contributed by atoms with Gasteiger partial charge in [-0.3, -0.25) is 4.99 Å². The Morgan fingerprint density at radius 2 is 2.04 bits per heavy atom. The minimum absolute atomic E-state index is 0. The molecule has 1 fully saturated rings. The molecule has 0 spiro atoms. The van der Waals surface area contributed by atoms with Gasteiger partial charge in [0.1, 0.15) is 5.75 Å². The summed E-state index contributed by atoms with van der Waals surface area (Å²) in [6.45, 7) is 3.39. The molecular weight excluding hydrogens is 441 g/mol. The van der Waals surface area contributed by atoms with Crippen LogP contribution in [-0.2, 0) is 16.3 Å². The number of hydrogen-bond donors (Lipinski definition) is 3. The van der Waals surface area contributed by atoms with E-state index in [1.165, 1.54) is 0 Å². The Kier molecular flexibility index (Phi) is 8.82. The molecule has 1 aromatic rings. The van der Waals surface area contributed by atoms with E-state index in [0.717, 1.165) is 24.9 Å². The van der Waals surface area contributed by atoms with E-state index in [4.69, 9.17) is 0 Å². The summed E-state index contributed by atoms with van der Waals surface area (Å²) in [5.74, 6) is 1.40. The monoisotopic (exact) mass is 467 g/mol. The Labute approximate surface area is 161 Å². The number of benzene rings is 1. The molecule has 0 aliphatic carbocycles. The van der Waals surface area contributed by atoms with E-state index in [2.05, 4.69) is 15.6 Å². The van der Waals surface area contributed by atoms with Crippen molar-refractivity contribution in [1.82, 2.24) is 10.6 Å². The van der Waals surface area contributed by atoms with Gasteiger partial charge in [-0.2, -0.15) is 0 Å². The molecule has 1 aliphatic heterocycles. The number of hydrogen-bond acceptors (Lipinski definition) is 4. The van der Waals surface area contributed by atoms with Gasteiger partial charge in [0.05, 0.1) is 11.5 Å². The molecule has 1 atom stereocenters. The quantitative estimate of drug-likeness (QED) is 0.257. The summed E-state index contributed by atoms with van der Waals surface area (Å²) >= 11 is 0. The van der Waals surface area contributed by atoms with E-state index >= 15 is 0 Å². The molecule has 0 aromatic heterocycles. The molecule has 0 radical (unpaired) electrons. The van der Waals surface area contributed by atoms with Crippen LogP contribution in [0.25, 0.3) is 0 Å². The number of phenols is 1. The highest BCUT2D eigenvalue weighted by atomic mass is 127. The molecule has 0 amide bonds. The second kappa shape index (κ2) is 10.1. The number of halogens is 1. The highest BCUT2D eigenvalue weighted by Gasteiger charge is 2.28. The van der Waals surface area contributed by atoms with Crippen molar-refractivity contribution >= 4 is 39.8 Å². The largest absolute Gasteiger partial charge is 0.508 e. The molecule has 136 valence electrons. The van der Waals surface area contributed by atoms with Crippen LogP contribution < -0.4 is 10.6 Å². The van der Waals surface area contributed by atoms with Crippen molar-refractivity contribution < 1.29 is 13.5 Å². The normalized spacial score (nSPS) is 19.5. The van der Waals surface area contributed by atoms with Crippen LogP contribution in [-0.4, -0.2) is 50.1 Å². The number of rotatable bonds is 6. The van der Waals surface area contributed by atoms with Crippen molar-refractivity contribution in [3.8, 4) is 5.75 Å². The molecule has 1 aliphatic rings. The molecule has 6 nitrogen and oxygen atoms in total. The maximum atomic E-state index is 11.5.